The van der Waals surface area contributed by atoms with Crippen molar-refractivity contribution in [3.63, 3.8) is 0 Å². The zero-order valence-corrected chi connectivity index (χ0v) is 20.8. The van der Waals surface area contributed by atoms with Gasteiger partial charge in [-0.05, 0) is 59.7 Å². The molecular formula is C24H25ClN2O6S. The van der Waals surface area contributed by atoms with Gasteiger partial charge in [0.25, 0.3) is 11.1 Å². The SMILES string of the molecule is COc1ccc(NC(=O)CN2C(=O)S/C(=C\c3ccc(OCC(C)C)c(OC)c3)C2=O)cc1Cl. The number of amides is 3. The predicted molar refractivity (Wildman–Crippen MR) is 133 cm³/mol. The second-order valence-electron chi connectivity index (χ2n) is 7.78. The van der Waals surface area contributed by atoms with Gasteiger partial charge in [-0.1, -0.05) is 31.5 Å². The smallest absolute Gasteiger partial charge is 0.294 e. The van der Waals surface area contributed by atoms with Crippen molar-refractivity contribution in [1.82, 2.24) is 4.90 Å². The van der Waals surface area contributed by atoms with Gasteiger partial charge in [0.15, 0.2) is 11.5 Å². The van der Waals surface area contributed by atoms with Crippen LogP contribution in [0.3, 0.4) is 0 Å². The molecule has 0 unspecified atom stereocenters. The maximum absolute atomic E-state index is 12.8. The quantitative estimate of drug-likeness (QED) is 0.476. The van der Waals surface area contributed by atoms with Crippen LogP contribution in [0.5, 0.6) is 17.2 Å². The van der Waals surface area contributed by atoms with Gasteiger partial charge in [0, 0.05) is 5.69 Å². The summed E-state index contributed by atoms with van der Waals surface area (Å²) in [6.07, 6.45) is 1.58. The molecule has 0 radical (unpaired) electrons. The molecule has 0 bridgehead atoms. The Hall–Kier alpha value is -3.17. The Morgan fingerprint density at radius 3 is 2.44 bits per heavy atom. The summed E-state index contributed by atoms with van der Waals surface area (Å²) >= 11 is 6.84. The maximum Gasteiger partial charge on any atom is 0.294 e. The Labute approximate surface area is 207 Å². The first-order valence-electron chi connectivity index (χ1n) is 10.4. The standard InChI is InChI=1S/C24H25ClN2O6S/c1-14(2)13-33-19-7-5-15(9-20(19)32-4)10-21-23(29)27(24(30)34-21)12-22(28)26-16-6-8-18(31-3)17(25)11-16/h5-11,14H,12-13H2,1-4H3,(H,26,28)/b21-10-. The zero-order chi connectivity index (χ0) is 24.8. The van der Waals surface area contributed by atoms with E-state index in [1.54, 1.807) is 36.4 Å². The average Bonchev–Trinajstić information content (AvgIpc) is 3.05. The second kappa shape index (κ2) is 11.3. The van der Waals surface area contributed by atoms with E-state index < -0.39 is 23.6 Å². The number of nitrogens with one attached hydrogen (secondary N) is 1. The molecule has 3 rings (SSSR count). The number of ether oxygens (including phenoxy) is 3. The topological polar surface area (TPSA) is 94.2 Å². The monoisotopic (exact) mass is 504 g/mol. The second-order valence-corrected chi connectivity index (χ2v) is 9.18. The number of methoxy groups -OCH3 is 2. The van der Waals surface area contributed by atoms with Gasteiger partial charge in [0.2, 0.25) is 5.91 Å². The first-order valence-corrected chi connectivity index (χ1v) is 11.6. The van der Waals surface area contributed by atoms with Crippen molar-refractivity contribution in [3.05, 3.63) is 51.9 Å². The highest BCUT2D eigenvalue weighted by Crippen LogP contribution is 2.35. The molecule has 1 aliphatic heterocycles. The number of hydrogen-bond donors (Lipinski definition) is 1. The number of carbonyl (C=O) groups is 3. The summed E-state index contributed by atoms with van der Waals surface area (Å²) in [6, 6.07) is 9.99. The average molecular weight is 505 g/mol. The van der Waals surface area contributed by atoms with Gasteiger partial charge in [-0.25, -0.2) is 0 Å². The first-order chi connectivity index (χ1) is 16.2. The minimum absolute atomic E-state index is 0.211. The fourth-order valence-corrected chi connectivity index (χ4v) is 4.12. The Morgan fingerprint density at radius 2 is 1.79 bits per heavy atom. The molecule has 3 amide bonds. The van der Waals surface area contributed by atoms with Crippen LogP contribution in [0, 0.1) is 5.92 Å². The molecule has 1 N–H and O–H groups in total. The summed E-state index contributed by atoms with van der Waals surface area (Å²) in [5.41, 5.74) is 1.08. The minimum Gasteiger partial charge on any atom is -0.495 e. The van der Waals surface area contributed by atoms with Gasteiger partial charge in [0.05, 0.1) is 30.8 Å². The van der Waals surface area contributed by atoms with E-state index in [9.17, 15) is 14.4 Å². The van der Waals surface area contributed by atoms with Gasteiger partial charge in [-0.2, -0.15) is 0 Å². The fourth-order valence-electron chi connectivity index (χ4n) is 3.03. The number of carbonyl (C=O) groups excluding carboxylic acids is 3. The van der Waals surface area contributed by atoms with Crippen LogP contribution in [-0.2, 0) is 9.59 Å². The molecule has 8 nitrogen and oxygen atoms in total. The molecule has 1 heterocycles. The van der Waals surface area contributed by atoms with Crippen LogP contribution in [0.15, 0.2) is 41.3 Å². The molecular weight excluding hydrogens is 480 g/mol. The van der Waals surface area contributed by atoms with Crippen molar-refractivity contribution in [2.75, 3.05) is 32.7 Å². The number of benzene rings is 2. The first kappa shape index (κ1) is 25.5. The molecule has 2 aromatic carbocycles. The summed E-state index contributed by atoms with van der Waals surface area (Å²) in [6.45, 7) is 4.21. The predicted octanol–water partition coefficient (Wildman–Crippen LogP) is 5.07. The van der Waals surface area contributed by atoms with Gasteiger partial charge in [-0.3, -0.25) is 19.3 Å². The van der Waals surface area contributed by atoms with Gasteiger partial charge < -0.3 is 19.5 Å². The lowest BCUT2D eigenvalue weighted by molar-refractivity contribution is -0.127. The number of hydrogen-bond acceptors (Lipinski definition) is 7. The van der Waals surface area contributed by atoms with Crippen molar-refractivity contribution in [2.45, 2.75) is 13.8 Å². The molecule has 34 heavy (non-hydrogen) atoms. The summed E-state index contributed by atoms with van der Waals surface area (Å²) < 4.78 is 16.2. The molecule has 0 aromatic heterocycles. The lowest BCUT2D eigenvalue weighted by atomic mass is 10.1. The zero-order valence-electron chi connectivity index (χ0n) is 19.2. The third-order valence-corrected chi connectivity index (χ3v) is 5.87. The normalized spacial score (nSPS) is 14.6. The summed E-state index contributed by atoms with van der Waals surface area (Å²) in [5, 5.41) is 2.42. The highest BCUT2D eigenvalue weighted by molar-refractivity contribution is 8.18. The van der Waals surface area contributed by atoms with E-state index in [0.29, 0.717) is 46.0 Å². The molecule has 0 saturated carbocycles. The van der Waals surface area contributed by atoms with Crippen LogP contribution in [0.2, 0.25) is 5.02 Å². The van der Waals surface area contributed by atoms with Crippen LogP contribution < -0.4 is 19.5 Å². The van der Waals surface area contributed by atoms with Crippen LogP contribution in [0.25, 0.3) is 6.08 Å². The van der Waals surface area contributed by atoms with Crippen molar-refractivity contribution in [3.8, 4) is 17.2 Å². The largest absolute Gasteiger partial charge is 0.495 e. The highest BCUT2D eigenvalue weighted by atomic mass is 35.5. The van der Waals surface area contributed by atoms with E-state index in [4.69, 9.17) is 25.8 Å². The van der Waals surface area contributed by atoms with Crippen molar-refractivity contribution < 1.29 is 28.6 Å². The fraction of sp³-hybridized carbons (Fsp3) is 0.292. The Balaban J connectivity index is 1.69. The lowest BCUT2D eigenvalue weighted by Gasteiger charge is -2.13. The van der Waals surface area contributed by atoms with E-state index in [-0.39, 0.29) is 4.91 Å². The molecule has 1 fully saturated rings. The van der Waals surface area contributed by atoms with Crippen molar-refractivity contribution in [1.29, 1.82) is 0 Å². The number of imide groups is 1. The lowest BCUT2D eigenvalue weighted by Crippen LogP contribution is -2.36. The number of thioether (sulfide) groups is 1. The van der Waals surface area contributed by atoms with Gasteiger partial charge in [-0.15, -0.1) is 0 Å². The van der Waals surface area contributed by atoms with Crippen LogP contribution >= 0.6 is 23.4 Å². The minimum atomic E-state index is -0.544. The molecule has 2 aromatic rings. The van der Waals surface area contributed by atoms with E-state index in [1.807, 2.05) is 13.8 Å². The number of halogens is 1. The molecule has 180 valence electrons. The Kier molecular flexibility index (Phi) is 8.46. The number of anilines is 1. The molecule has 10 heteroatoms. The molecule has 1 aliphatic rings. The van der Waals surface area contributed by atoms with Crippen molar-refractivity contribution >= 4 is 52.2 Å². The van der Waals surface area contributed by atoms with E-state index >= 15 is 0 Å². The van der Waals surface area contributed by atoms with Gasteiger partial charge in [0.1, 0.15) is 12.3 Å². The molecule has 0 spiro atoms. The van der Waals surface area contributed by atoms with Gasteiger partial charge >= 0.3 is 0 Å². The molecule has 0 aliphatic carbocycles. The third kappa shape index (κ3) is 6.24. The summed E-state index contributed by atoms with van der Waals surface area (Å²) in [4.78, 5) is 38.7. The number of rotatable bonds is 9. The van der Waals surface area contributed by atoms with E-state index in [2.05, 4.69) is 5.32 Å². The van der Waals surface area contributed by atoms with Crippen LogP contribution in [0.4, 0.5) is 10.5 Å². The maximum atomic E-state index is 12.8. The Morgan fingerprint density at radius 1 is 1.09 bits per heavy atom. The van der Waals surface area contributed by atoms with Crippen LogP contribution in [0.1, 0.15) is 19.4 Å². The van der Waals surface area contributed by atoms with E-state index in [1.165, 1.54) is 20.3 Å². The van der Waals surface area contributed by atoms with Crippen LogP contribution in [-0.4, -0.2) is 49.3 Å². The summed E-state index contributed by atoms with van der Waals surface area (Å²) in [7, 11) is 3.02. The third-order valence-electron chi connectivity index (χ3n) is 4.67. The summed E-state index contributed by atoms with van der Waals surface area (Å²) in [5.74, 6) is 0.861. The Bertz CT molecular complexity index is 1130. The van der Waals surface area contributed by atoms with E-state index in [0.717, 1.165) is 16.7 Å². The van der Waals surface area contributed by atoms with Crippen molar-refractivity contribution in [2.24, 2.45) is 5.92 Å². The number of nitrogens with zero attached hydrogens (tertiary/aromatic N) is 1. The highest BCUT2D eigenvalue weighted by Gasteiger charge is 2.36. The molecule has 1 saturated heterocycles. The molecule has 0 atom stereocenters.